The van der Waals surface area contributed by atoms with Gasteiger partial charge in [-0.2, -0.15) is 13.6 Å². The number of aliphatic hydroxyl groups excluding tert-OH is 2. The van der Waals surface area contributed by atoms with Crippen LogP contribution < -0.4 is 11.0 Å². The van der Waals surface area contributed by atoms with Gasteiger partial charge in [0.15, 0.2) is 6.23 Å². The topological polar surface area (TPSA) is 267 Å². The third-order valence-corrected chi connectivity index (χ3v) is 6.94. The number of anilines is 1. The normalized spacial score (nSPS) is 29.2. The molecule has 1 aliphatic rings. The van der Waals surface area contributed by atoms with Crippen molar-refractivity contribution >= 4 is 29.3 Å². The van der Waals surface area contributed by atoms with Gasteiger partial charge in [0.2, 0.25) is 0 Å². The Labute approximate surface area is 160 Å². The molecule has 0 radical (unpaired) electrons. The summed E-state index contributed by atoms with van der Waals surface area (Å²) in [5, 5.41) is 22.3. The fraction of sp³-hybridized carbons (Fsp3) is 0.556. The van der Waals surface area contributed by atoms with E-state index >= 15 is 0 Å². The van der Waals surface area contributed by atoms with Gasteiger partial charge in [-0.15, -0.1) is 0 Å². The molecule has 1 aliphatic heterocycles. The molecular formula is C9H16N3O14P3. The summed E-state index contributed by atoms with van der Waals surface area (Å²) < 4.78 is 50.0. The Morgan fingerprint density at radius 2 is 1.76 bits per heavy atom. The van der Waals surface area contributed by atoms with Gasteiger partial charge in [0.1, 0.15) is 24.1 Å². The number of ether oxygens (including phenoxy) is 1. The number of hydrogen-bond donors (Lipinski definition) is 8. The molecule has 6 atom stereocenters. The SMILES string of the molecule is O=c1nc(NC2O[C@H](COP(=O)(O)OP(=O)(O)OP(=O)(O)O)[C@@H](O)[C@@H]2O)cc[nH]1. The molecule has 3 unspecified atom stereocenters. The van der Waals surface area contributed by atoms with E-state index in [0.29, 0.717) is 0 Å². The van der Waals surface area contributed by atoms with Crippen LogP contribution in [0, 0.1) is 0 Å². The van der Waals surface area contributed by atoms with Crippen LogP contribution in [0.5, 0.6) is 0 Å². The van der Waals surface area contributed by atoms with Crippen molar-refractivity contribution in [3.63, 3.8) is 0 Å². The molecule has 0 bridgehead atoms. The van der Waals surface area contributed by atoms with Crippen LogP contribution >= 0.6 is 23.5 Å². The second kappa shape index (κ2) is 8.99. The fourth-order valence-electron chi connectivity index (χ4n) is 2.07. The second-order valence-electron chi connectivity index (χ2n) is 5.39. The maximum Gasteiger partial charge on any atom is 0.490 e. The van der Waals surface area contributed by atoms with Crippen molar-refractivity contribution in [2.75, 3.05) is 11.9 Å². The van der Waals surface area contributed by atoms with Crippen molar-refractivity contribution in [1.29, 1.82) is 0 Å². The number of nitrogens with zero attached hydrogens (tertiary/aromatic N) is 1. The zero-order chi connectivity index (χ0) is 22.0. The zero-order valence-corrected chi connectivity index (χ0v) is 16.6. The molecule has 1 aromatic heterocycles. The molecule has 1 saturated heterocycles. The van der Waals surface area contributed by atoms with Gasteiger partial charge in [0.05, 0.1) is 6.61 Å². The molecule has 1 fully saturated rings. The summed E-state index contributed by atoms with van der Waals surface area (Å²) in [4.78, 5) is 52.2. The lowest BCUT2D eigenvalue weighted by Crippen LogP contribution is -2.37. The molecule has 0 spiro atoms. The van der Waals surface area contributed by atoms with Gasteiger partial charge < -0.3 is 44.8 Å². The van der Waals surface area contributed by atoms with E-state index in [4.69, 9.17) is 19.4 Å². The number of aromatic amines is 1. The quantitative estimate of drug-likeness (QED) is 0.176. The number of rotatable bonds is 9. The second-order valence-corrected chi connectivity index (χ2v) is 9.81. The smallest absolute Gasteiger partial charge is 0.387 e. The van der Waals surface area contributed by atoms with Crippen LogP contribution in [0.15, 0.2) is 17.1 Å². The molecule has 17 nitrogen and oxygen atoms in total. The minimum Gasteiger partial charge on any atom is -0.387 e. The van der Waals surface area contributed by atoms with Gasteiger partial charge in [0, 0.05) is 6.20 Å². The molecule has 0 amide bonds. The standard InChI is InChI=1S/C9H16N3O14P3/c13-6-4(3-23-28(19,20)26-29(21,22)25-27(16,17)18)24-8(7(6)14)11-5-1-2-10-9(15)12-5/h1-2,4,6-8,13-14H,3H2,(H,19,20)(H,21,22)(H2,16,17,18)(H2,10,11,12,15)/t4-,6-,7+,8?/m1/s1. The van der Waals surface area contributed by atoms with Crippen molar-refractivity contribution in [3.05, 3.63) is 22.7 Å². The van der Waals surface area contributed by atoms with Gasteiger partial charge in [-0.25, -0.2) is 18.5 Å². The van der Waals surface area contributed by atoms with Crippen LogP contribution in [0.4, 0.5) is 5.82 Å². The van der Waals surface area contributed by atoms with E-state index in [1.165, 1.54) is 12.3 Å². The van der Waals surface area contributed by atoms with E-state index in [2.05, 4.69) is 28.4 Å². The fourth-order valence-corrected chi connectivity index (χ4v) is 5.10. The molecule has 8 N–H and O–H groups in total. The number of phosphoric ester groups is 1. The molecule has 2 heterocycles. The van der Waals surface area contributed by atoms with E-state index < -0.39 is 60.3 Å². The first kappa shape index (κ1) is 24.2. The Morgan fingerprint density at radius 3 is 2.34 bits per heavy atom. The molecule has 0 aliphatic carbocycles. The monoisotopic (exact) mass is 483 g/mol. The Bertz CT molecular complexity index is 917. The van der Waals surface area contributed by atoms with Crippen LogP contribution in [0.2, 0.25) is 0 Å². The number of nitrogens with one attached hydrogen (secondary N) is 2. The van der Waals surface area contributed by atoms with Gasteiger partial charge in [0.25, 0.3) is 0 Å². The van der Waals surface area contributed by atoms with Gasteiger partial charge in [-0.05, 0) is 6.07 Å². The number of phosphoric acid groups is 3. The molecular weight excluding hydrogens is 467 g/mol. The molecule has 20 heteroatoms. The molecule has 29 heavy (non-hydrogen) atoms. The molecule has 2 rings (SSSR count). The van der Waals surface area contributed by atoms with E-state index in [0.717, 1.165) is 0 Å². The predicted molar refractivity (Wildman–Crippen MR) is 89.0 cm³/mol. The summed E-state index contributed by atoms with van der Waals surface area (Å²) in [5.74, 6) is -0.0291. The van der Waals surface area contributed by atoms with Crippen LogP contribution in [0.1, 0.15) is 0 Å². The molecule has 0 saturated carbocycles. The number of hydrogen-bond acceptors (Lipinski definition) is 12. The number of aromatic nitrogens is 2. The first-order valence-corrected chi connectivity index (χ1v) is 11.8. The van der Waals surface area contributed by atoms with Crippen molar-refractivity contribution in [2.45, 2.75) is 24.5 Å². The lowest BCUT2D eigenvalue weighted by Gasteiger charge is -2.19. The predicted octanol–water partition coefficient (Wildman–Crippen LogP) is -2.03. The van der Waals surface area contributed by atoms with Gasteiger partial charge in [-0.1, -0.05) is 0 Å². The third kappa shape index (κ3) is 7.62. The van der Waals surface area contributed by atoms with Gasteiger partial charge in [-0.3, -0.25) is 4.52 Å². The average Bonchev–Trinajstić information content (AvgIpc) is 2.77. The van der Waals surface area contributed by atoms with Crippen LogP contribution in [-0.2, 0) is 31.6 Å². The average molecular weight is 483 g/mol. The Balaban J connectivity index is 1.96. The Morgan fingerprint density at radius 1 is 1.10 bits per heavy atom. The van der Waals surface area contributed by atoms with Crippen molar-refractivity contribution in [1.82, 2.24) is 9.97 Å². The summed E-state index contributed by atoms with van der Waals surface area (Å²) in [6.45, 7) is -0.969. The Hall–Kier alpha value is -1.03. The highest BCUT2D eigenvalue weighted by atomic mass is 31.3. The van der Waals surface area contributed by atoms with Crippen molar-refractivity contribution in [2.24, 2.45) is 0 Å². The third-order valence-electron chi connectivity index (χ3n) is 3.14. The van der Waals surface area contributed by atoms with Crippen molar-refractivity contribution in [3.8, 4) is 0 Å². The minimum atomic E-state index is -5.69. The highest BCUT2D eigenvalue weighted by Crippen LogP contribution is 2.66. The number of aliphatic hydroxyl groups is 2. The van der Waals surface area contributed by atoms with Gasteiger partial charge >= 0.3 is 29.2 Å². The lowest BCUT2D eigenvalue weighted by atomic mass is 10.1. The maximum absolute atomic E-state index is 11.7. The first-order chi connectivity index (χ1) is 13.2. The highest BCUT2D eigenvalue weighted by Gasteiger charge is 2.46. The largest absolute Gasteiger partial charge is 0.490 e. The molecule has 1 aromatic rings. The van der Waals surface area contributed by atoms with E-state index in [1.54, 1.807) is 0 Å². The minimum absolute atomic E-state index is 0.0291. The maximum atomic E-state index is 11.7. The zero-order valence-electron chi connectivity index (χ0n) is 13.9. The first-order valence-electron chi connectivity index (χ1n) is 7.30. The summed E-state index contributed by atoms with van der Waals surface area (Å²) >= 11 is 0. The summed E-state index contributed by atoms with van der Waals surface area (Å²) in [6.07, 6.45) is -4.84. The van der Waals surface area contributed by atoms with Crippen LogP contribution in [0.25, 0.3) is 0 Å². The van der Waals surface area contributed by atoms with E-state index in [1.807, 2.05) is 0 Å². The van der Waals surface area contributed by atoms with Crippen molar-refractivity contribution < 1.29 is 61.4 Å². The summed E-state index contributed by atoms with van der Waals surface area (Å²) in [7, 11) is -16.7. The Kier molecular flexibility index (Phi) is 7.52. The summed E-state index contributed by atoms with van der Waals surface area (Å²) in [5.41, 5.74) is -0.716. The van der Waals surface area contributed by atoms with E-state index in [-0.39, 0.29) is 5.82 Å². The van der Waals surface area contributed by atoms with E-state index in [9.17, 15) is 33.6 Å². The summed E-state index contributed by atoms with van der Waals surface area (Å²) in [6, 6.07) is 1.31. The van der Waals surface area contributed by atoms with Crippen LogP contribution in [-0.4, -0.2) is 70.9 Å². The highest BCUT2D eigenvalue weighted by molar-refractivity contribution is 7.66. The molecule has 166 valence electrons. The molecule has 0 aromatic carbocycles. The van der Waals surface area contributed by atoms with Crippen LogP contribution in [0.3, 0.4) is 0 Å². The number of H-pyrrole nitrogens is 1. The lowest BCUT2D eigenvalue weighted by molar-refractivity contribution is -0.0151.